The molecule has 0 aromatic rings. The molecule has 3 atom stereocenters. The first-order chi connectivity index (χ1) is 14.6. The van der Waals surface area contributed by atoms with E-state index >= 15 is 0 Å². The molecule has 1 saturated heterocycles. The molecule has 0 bridgehead atoms. The Morgan fingerprint density at radius 3 is 2.81 bits per heavy atom. The van der Waals surface area contributed by atoms with Gasteiger partial charge in [0.15, 0.2) is 0 Å². The van der Waals surface area contributed by atoms with Crippen LogP contribution in [0.15, 0.2) is 34.3 Å². The Morgan fingerprint density at radius 1 is 1.29 bits per heavy atom. The largest absolute Gasteiger partial charge is 0.508 e. The van der Waals surface area contributed by atoms with Crippen molar-refractivity contribution in [2.45, 2.75) is 96.8 Å². The second kappa shape index (κ2) is 10.5. The van der Waals surface area contributed by atoms with Gasteiger partial charge in [-0.15, -0.1) is 0 Å². The predicted octanol–water partition coefficient (Wildman–Crippen LogP) is 6.02. The Balaban J connectivity index is 1.56. The Morgan fingerprint density at radius 2 is 2.06 bits per heavy atom. The summed E-state index contributed by atoms with van der Waals surface area (Å²) in [4.78, 5) is 12.6. The first kappa shape index (κ1) is 24.3. The molecule has 3 aliphatic rings. The molecule has 0 aromatic carbocycles. The zero-order valence-electron chi connectivity index (χ0n) is 20.1. The van der Waals surface area contributed by atoms with Gasteiger partial charge in [-0.2, -0.15) is 11.8 Å². The molecule has 1 unspecified atom stereocenters. The first-order valence-electron chi connectivity index (χ1n) is 12.1. The fraction of sp³-hybridized carbons (Fsp3) is 0.731. The molecule has 1 heterocycles. The zero-order chi connectivity index (χ0) is 22.6. The van der Waals surface area contributed by atoms with E-state index < -0.39 is 0 Å². The van der Waals surface area contributed by atoms with Crippen LogP contribution in [0.3, 0.4) is 0 Å². The second-order valence-corrected chi connectivity index (χ2v) is 12.0. The monoisotopic (exact) mass is 446 g/mol. The zero-order valence-corrected chi connectivity index (χ0v) is 21.0. The molecule has 0 spiro atoms. The van der Waals surface area contributed by atoms with E-state index in [0.717, 1.165) is 48.1 Å². The van der Waals surface area contributed by atoms with E-state index in [1.54, 1.807) is 11.6 Å². The number of hydrogen-bond acceptors (Lipinski definition) is 4. The average molecular weight is 447 g/mol. The van der Waals surface area contributed by atoms with Crippen LogP contribution >= 0.6 is 11.8 Å². The van der Waals surface area contributed by atoms with E-state index in [4.69, 9.17) is 0 Å². The summed E-state index contributed by atoms with van der Waals surface area (Å²) in [6.45, 7) is 11.5. The molecule has 2 fully saturated rings. The van der Waals surface area contributed by atoms with Gasteiger partial charge in [-0.25, -0.2) is 0 Å². The molecule has 1 aliphatic heterocycles. The minimum Gasteiger partial charge on any atom is -0.508 e. The molecular weight excluding hydrogens is 404 g/mol. The van der Waals surface area contributed by atoms with Crippen molar-refractivity contribution in [3.05, 3.63) is 34.3 Å². The summed E-state index contributed by atoms with van der Waals surface area (Å²) in [6.07, 6.45) is 10.6. The van der Waals surface area contributed by atoms with Gasteiger partial charge < -0.3 is 15.7 Å². The van der Waals surface area contributed by atoms with Gasteiger partial charge in [-0.05, 0) is 115 Å². The lowest BCUT2D eigenvalue weighted by atomic mass is 9.88. The number of hydrogen-bond donors (Lipinski definition) is 3. The summed E-state index contributed by atoms with van der Waals surface area (Å²) >= 11 is 2.18. The van der Waals surface area contributed by atoms with Gasteiger partial charge in [-0.1, -0.05) is 5.57 Å². The number of thioether (sulfide) groups is 1. The molecule has 4 nitrogen and oxygen atoms in total. The van der Waals surface area contributed by atoms with Crippen molar-refractivity contribution in [3.63, 3.8) is 0 Å². The number of carbonyl (C=O) groups excluding carboxylic acids is 1. The summed E-state index contributed by atoms with van der Waals surface area (Å²) in [6, 6.07) is 0. The number of allylic oxidation sites excluding steroid dienone is 4. The third-order valence-electron chi connectivity index (χ3n) is 6.98. The molecule has 0 radical (unpaired) electrons. The molecule has 0 aromatic heterocycles. The maximum Gasteiger partial charge on any atom is 0.247 e. The van der Waals surface area contributed by atoms with E-state index in [1.807, 2.05) is 6.92 Å². The van der Waals surface area contributed by atoms with E-state index in [-0.39, 0.29) is 17.2 Å². The van der Waals surface area contributed by atoms with Crippen LogP contribution in [0.2, 0.25) is 0 Å². The highest BCUT2D eigenvalue weighted by molar-refractivity contribution is 8.00. The van der Waals surface area contributed by atoms with Gasteiger partial charge in [0.25, 0.3) is 0 Å². The molecule has 3 rings (SSSR count). The molecule has 1 amide bonds. The molecule has 1 saturated carbocycles. The van der Waals surface area contributed by atoms with Gasteiger partial charge in [0, 0.05) is 28.6 Å². The number of aliphatic hydroxyl groups is 1. The van der Waals surface area contributed by atoms with Crippen molar-refractivity contribution in [1.82, 2.24) is 10.6 Å². The average Bonchev–Trinajstić information content (AvgIpc) is 3.03. The maximum absolute atomic E-state index is 12.6. The Hall–Kier alpha value is -1.36. The summed E-state index contributed by atoms with van der Waals surface area (Å²) in [5, 5.41) is 17.5. The topological polar surface area (TPSA) is 61.4 Å². The van der Waals surface area contributed by atoms with Crippen molar-refractivity contribution >= 4 is 17.7 Å². The van der Waals surface area contributed by atoms with E-state index in [9.17, 15) is 9.90 Å². The molecular formula is C26H42N2O2S. The van der Waals surface area contributed by atoms with Crippen LogP contribution in [0.25, 0.3) is 0 Å². The fourth-order valence-corrected chi connectivity index (χ4v) is 6.96. The number of amides is 1. The second-order valence-electron chi connectivity index (χ2n) is 10.7. The number of nitrogens with one attached hydrogen (secondary N) is 2. The number of carbonyl (C=O) groups is 1. The highest BCUT2D eigenvalue weighted by Crippen LogP contribution is 2.45. The molecule has 174 valence electrons. The SMILES string of the molecule is CC1=C(C(=O)NCCC[C@@H]2C/C(=C(\C)NC(C)(C)C)CC3SCC[C@@H]3C2)CCC=C1O. The third-order valence-corrected chi connectivity index (χ3v) is 8.43. The van der Waals surface area contributed by atoms with Gasteiger partial charge in [-0.3, -0.25) is 4.79 Å². The molecule has 5 heteroatoms. The lowest BCUT2D eigenvalue weighted by Crippen LogP contribution is -2.35. The van der Waals surface area contributed by atoms with E-state index in [0.29, 0.717) is 5.92 Å². The van der Waals surface area contributed by atoms with Crippen molar-refractivity contribution in [2.75, 3.05) is 12.3 Å². The maximum atomic E-state index is 12.6. The van der Waals surface area contributed by atoms with Crippen molar-refractivity contribution < 1.29 is 9.90 Å². The fourth-order valence-electron chi connectivity index (χ4n) is 5.38. The predicted molar refractivity (Wildman–Crippen MR) is 132 cm³/mol. The van der Waals surface area contributed by atoms with Crippen LogP contribution in [0.5, 0.6) is 0 Å². The highest BCUT2D eigenvalue weighted by Gasteiger charge is 2.34. The van der Waals surface area contributed by atoms with Gasteiger partial charge in [0.05, 0.1) is 0 Å². The van der Waals surface area contributed by atoms with Crippen LogP contribution < -0.4 is 10.6 Å². The lowest BCUT2D eigenvalue weighted by Gasteiger charge is -2.26. The number of aliphatic hydroxyl groups excluding tert-OH is 1. The molecule has 3 N–H and O–H groups in total. The van der Waals surface area contributed by atoms with Crippen LogP contribution in [0.1, 0.15) is 86.0 Å². The Labute approximate surface area is 193 Å². The van der Waals surface area contributed by atoms with Crippen LogP contribution in [-0.4, -0.2) is 34.1 Å². The van der Waals surface area contributed by atoms with Gasteiger partial charge >= 0.3 is 0 Å². The Bertz CT molecular complexity index is 760. The first-order valence-corrected chi connectivity index (χ1v) is 13.1. The molecule has 31 heavy (non-hydrogen) atoms. The summed E-state index contributed by atoms with van der Waals surface area (Å²) in [7, 11) is 0. The minimum atomic E-state index is -0.00363. The lowest BCUT2D eigenvalue weighted by molar-refractivity contribution is -0.117. The van der Waals surface area contributed by atoms with Crippen molar-refractivity contribution in [1.29, 1.82) is 0 Å². The van der Waals surface area contributed by atoms with Gasteiger partial charge in [0.1, 0.15) is 5.76 Å². The normalized spacial score (nSPS) is 28.5. The standard InChI is InChI=1S/C26H42N2O2S/c1-17-22(9-6-10-23(17)29)25(30)27-12-7-8-19-14-20-11-13-31-24(20)16-21(15-19)18(2)28-26(3,4)5/h10,19-20,24,28-29H,6-9,11-16H2,1-5H3,(H,27,30)/b21-18-/t19-,20+,24?/m0/s1. The molecule has 2 aliphatic carbocycles. The minimum absolute atomic E-state index is 0.00363. The van der Waals surface area contributed by atoms with E-state index in [1.165, 1.54) is 43.6 Å². The smallest absolute Gasteiger partial charge is 0.247 e. The number of rotatable bonds is 6. The highest BCUT2D eigenvalue weighted by atomic mass is 32.2. The van der Waals surface area contributed by atoms with Gasteiger partial charge in [0.2, 0.25) is 5.91 Å². The van der Waals surface area contributed by atoms with Crippen molar-refractivity contribution in [3.8, 4) is 0 Å². The van der Waals surface area contributed by atoms with Crippen LogP contribution in [0, 0.1) is 11.8 Å². The summed E-state index contributed by atoms with van der Waals surface area (Å²) in [5.41, 5.74) is 4.58. The van der Waals surface area contributed by atoms with Crippen LogP contribution in [0.4, 0.5) is 0 Å². The Kier molecular flexibility index (Phi) is 8.23. The third kappa shape index (κ3) is 6.81. The quantitative estimate of drug-likeness (QED) is 0.437. The number of fused-ring (bicyclic) bond motifs is 1. The van der Waals surface area contributed by atoms with E-state index in [2.05, 4.69) is 50.1 Å². The van der Waals surface area contributed by atoms with Crippen molar-refractivity contribution in [2.24, 2.45) is 11.8 Å². The summed E-state index contributed by atoms with van der Waals surface area (Å²) in [5.74, 6) is 3.13. The van der Waals surface area contributed by atoms with Crippen LogP contribution in [-0.2, 0) is 4.79 Å². The summed E-state index contributed by atoms with van der Waals surface area (Å²) < 4.78 is 0.